The van der Waals surface area contributed by atoms with Gasteiger partial charge in [-0.1, -0.05) is 45.7 Å². The molecule has 0 spiro atoms. The van der Waals surface area contributed by atoms with E-state index in [9.17, 15) is 30.3 Å². The third-order valence-corrected chi connectivity index (χ3v) is 13.0. The number of methoxy groups -OCH3 is 1. The predicted octanol–water partition coefficient (Wildman–Crippen LogP) is 3.16. The molecular formula is C43H81N3O13. The molecule has 3 heterocycles. The molecule has 3 saturated heterocycles. The fourth-order valence-electron chi connectivity index (χ4n) is 9.10. The van der Waals surface area contributed by atoms with Crippen LogP contribution in [0.1, 0.15) is 127 Å². The van der Waals surface area contributed by atoms with Gasteiger partial charge in [-0.25, -0.2) is 0 Å². The number of aliphatic hydroxyl groups excluding tert-OH is 3. The highest BCUT2D eigenvalue weighted by molar-refractivity contribution is 5.88. The van der Waals surface area contributed by atoms with Crippen molar-refractivity contribution < 1.29 is 63.6 Å². The highest BCUT2D eigenvalue weighted by Gasteiger charge is 2.53. The number of carbonyl (C=O) groups excluding carboxylic acids is 1. The molecule has 0 saturated carbocycles. The normalized spacial score (nSPS) is 43.9. The number of nitrogens with one attached hydrogen (secondary N) is 1. The molecule has 8 N–H and O–H groups in total. The number of cyclic esters (lactones) is 1. The van der Waals surface area contributed by atoms with Crippen LogP contribution in [0.15, 0.2) is 5.16 Å². The Kier molecular flexibility index (Phi) is 20.4. The number of hydrogen-bond donors (Lipinski definition) is 7. The van der Waals surface area contributed by atoms with Gasteiger partial charge in [0.05, 0.1) is 53.4 Å². The lowest BCUT2D eigenvalue weighted by Crippen LogP contribution is -2.60. The minimum Gasteiger partial charge on any atom is -0.459 e. The maximum absolute atomic E-state index is 14.3. The first-order valence-corrected chi connectivity index (χ1v) is 22.1. The van der Waals surface area contributed by atoms with Crippen LogP contribution in [0, 0.1) is 23.7 Å². The lowest BCUT2D eigenvalue weighted by molar-refractivity contribution is -0.314. The van der Waals surface area contributed by atoms with Crippen molar-refractivity contribution in [1.82, 2.24) is 5.32 Å². The SMILES string of the molecule is CC[C@H]1OC(=O)[C@H](C)[C@@H](O[C@H]2C[C@@](C)(OC)[C@@H](O)[C@H](C)O2)[C@H](C)[C@@H](O[C@@H]2O[C@H](C)CC[C@H]2O)[C@](C)(O)C[C@@H](C)/C(=N\OCCNCCCCCCN)[C@H](C)[C@@H](O)[C@]1(C)O. The number of ether oxygens (including phenoxy) is 6. The van der Waals surface area contributed by atoms with E-state index in [0.29, 0.717) is 31.6 Å². The Morgan fingerprint density at radius 2 is 1.56 bits per heavy atom. The Hall–Kier alpha value is -1.54. The second-order valence-corrected chi connectivity index (χ2v) is 18.3. The third-order valence-electron chi connectivity index (χ3n) is 13.0. The summed E-state index contributed by atoms with van der Waals surface area (Å²) in [5, 5.41) is 66.5. The number of rotatable bonds is 16. The second kappa shape index (κ2) is 23.2. The van der Waals surface area contributed by atoms with Crippen LogP contribution >= 0.6 is 0 Å². The molecule has 0 aromatic heterocycles. The van der Waals surface area contributed by atoms with Crippen molar-refractivity contribution in [1.29, 1.82) is 0 Å². The van der Waals surface area contributed by atoms with E-state index in [0.717, 1.165) is 32.2 Å². The summed E-state index contributed by atoms with van der Waals surface area (Å²) in [6.07, 6.45) is -4.17. The summed E-state index contributed by atoms with van der Waals surface area (Å²) in [4.78, 5) is 20.1. The molecule has 3 rings (SSSR count). The Morgan fingerprint density at radius 1 is 0.881 bits per heavy atom. The van der Waals surface area contributed by atoms with Gasteiger partial charge in [0.2, 0.25) is 0 Å². The van der Waals surface area contributed by atoms with E-state index in [1.54, 1.807) is 48.5 Å². The summed E-state index contributed by atoms with van der Waals surface area (Å²) in [5.41, 5.74) is 1.30. The molecule has 0 radical (unpaired) electrons. The van der Waals surface area contributed by atoms with Crippen molar-refractivity contribution in [3.63, 3.8) is 0 Å². The zero-order valence-electron chi connectivity index (χ0n) is 37.8. The number of esters is 1. The van der Waals surface area contributed by atoms with Crippen LogP contribution in [0.25, 0.3) is 0 Å². The van der Waals surface area contributed by atoms with Gasteiger partial charge < -0.3 is 69.8 Å². The summed E-state index contributed by atoms with van der Waals surface area (Å²) in [7, 11) is 1.50. The number of oxime groups is 1. The molecule has 3 aliphatic rings. The lowest BCUT2D eigenvalue weighted by Gasteiger charge is -2.48. The summed E-state index contributed by atoms with van der Waals surface area (Å²) >= 11 is 0. The van der Waals surface area contributed by atoms with Gasteiger partial charge in [0.1, 0.15) is 30.5 Å². The number of unbranched alkanes of at least 4 members (excludes halogenated alkanes) is 3. The van der Waals surface area contributed by atoms with Crippen LogP contribution in [0.5, 0.6) is 0 Å². The second-order valence-electron chi connectivity index (χ2n) is 18.3. The van der Waals surface area contributed by atoms with Crippen LogP contribution in [-0.4, -0.2) is 149 Å². The minimum atomic E-state index is -1.93. The van der Waals surface area contributed by atoms with Gasteiger partial charge in [-0.15, -0.1) is 0 Å². The fraction of sp³-hybridized carbons (Fsp3) is 0.953. The van der Waals surface area contributed by atoms with Crippen molar-refractivity contribution in [2.75, 3.05) is 33.4 Å². The Bertz CT molecular complexity index is 1290. The van der Waals surface area contributed by atoms with Crippen molar-refractivity contribution >= 4 is 11.7 Å². The van der Waals surface area contributed by atoms with Crippen LogP contribution < -0.4 is 11.1 Å². The van der Waals surface area contributed by atoms with Crippen LogP contribution in [-0.2, 0) is 38.1 Å². The first-order valence-electron chi connectivity index (χ1n) is 22.1. The van der Waals surface area contributed by atoms with Crippen LogP contribution in [0.3, 0.4) is 0 Å². The quantitative estimate of drug-likeness (QED) is 0.0672. The summed E-state index contributed by atoms with van der Waals surface area (Å²) in [5.74, 6) is -3.91. The summed E-state index contributed by atoms with van der Waals surface area (Å²) < 4.78 is 37.4. The molecule has 16 nitrogen and oxygen atoms in total. The standard InChI is InChI=1S/C43H81N3O13/c1-12-32-43(10,52)36(48)27(4)34(46-54-22-21-45-20-16-14-13-15-19-44)25(2)23-41(8,51)38(59-40-31(47)18-17-26(3)55-40)28(5)35(29(6)39(50)57-32)58-33-24-42(9,53-11)37(49)30(7)56-33/h25-33,35-38,40,45,47-49,51-52H,12-24,44H2,1-11H3/b46-34+/t25-,26-,27+,28+,29-,30+,31-,32-,33+,35+,36-,37+,38-,40+,41-,42-,43-/m1/s1. The van der Waals surface area contributed by atoms with E-state index in [-0.39, 0.29) is 32.0 Å². The van der Waals surface area contributed by atoms with E-state index >= 15 is 0 Å². The monoisotopic (exact) mass is 848 g/mol. The number of nitrogens with two attached hydrogens (primary N) is 1. The molecule has 16 heteroatoms. The van der Waals surface area contributed by atoms with Crippen molar-refractivity contribution in [3.05, 3.63) is 0 Å². The van der Waals surface area contributed by atoms with Gasteiger partial charge >= 0.3 is 5.97 Å². The number of carbonyl (C=O) groups is 1. The molecule has 0 amide bonds. The summed E-state index contributed by atoms with van der Waals surface area (Å²) in [6.45, 7) is 19.5. The Labute approximate surface area is 353 Å². The first kappa shape index (κ1) is 51.8. The molecule has 346 valence electrons. The average Bonchev–Trinajstić information content (AvgIpc) is 3.18. The maximum Gasteiger partial charge on any atom is 0.311 e. The highest BCUT2D eigenvalue weighted by atomic mass is 16.7. The van der Waals surface area contributed by atoms with E-state index in [1.165, 1.54) is 14.0 Å². The molecule has 59 heavy (non-hydrogen) atoms. The highest BCUT2D eigenvalue weighted by Crippen LogP contribution is 2.40. The number of nitrogens with zero attached hydrogens (tertiary/aromatic N) is 1. The van der Waals surface area contributed by atoms with Gasteiger partial charge in [0.25, 0.3) is 0 Å². The molecule has 0 aliphatic carbocycles. The predicted molar refractivity (Wildman–Crippen MR) is 222 cm³/mol. The van der Waals surface area contributed by atoms with Crippen molar-refractivity contribution in [2.45, 2.75) is 205 Å². The van der Waals surface area contributed by atoms with Crippen molar-refractivity contribution in [3.8, 4) is 0 Å². The lowest BCUT2D eigenvalue weighted by atomic mass is 9.73. The third kappa shape index (κ3) is 13.7. The molecule has 0 unspecified atom stereocenters. The smallest absolute Gasteiger partial charge is 0.311 e. The van der Waals surface area contributed by atoms with Crippen LogP contribution in [0.2, 0.25) is 0 Å². The van der Waals surface area contributed by atoms with Gasteiger partial charge in [-0.2, -0.15) is 0 Å². The first-order chi connectivity index (χ1) is 27.6. The molecular weight excluding hydrogens is 766 g/mol. The molecule has 0 aromatic carbocycles. The molecule has 0 bridgehead atoms. The zero-order valence-corrected chi connectivity index (χ0v) is 37.8. The molecule has 17 atom stereocenters. The molecule has 3 fully saturated rings. The van der Waals surface area contributed by atoms with Crippen LogP contribution in [0.4, 0.5) is 0 Å². The van der Waals surface area contributed by atoms with E-state index < -0.39 is 102 Å². The number of hydrogen-bond acceptors (Lipinski definition) is 16. The summed E-state index contributed by atoms with van der Waals surface area (Å²) in [6, 6.07) is 0. The number of aliphatic hydroxyl groups is 5. The average molecular weight is 848 g/mol. The largest absolute Gasteiger partial charge is 0.459 e. The zero-order chi connectivity index (χ0) is 44.3. The van der Waals surface area contributed by atoms with E-state index in [4.69, 9.17) is 39.0 Å². The fourth-order valence-corrected chi connectivity index (χ4v) is 9.10. The Morgan fingerprint density at radius 3 is 2.20 bits per heavy atom. The minimum absolute atomic E-state index is 0.0243. The van der Waals surface area contributed by atoms with Gasteiger partial charge in [-0.3, -0.25) is 4.79 Å². The van der Waals surface area contributed by atoms with E-state index in [2.05, 4.69) is 10.5 Å². The topological polar surface area (TPSA) is 233 Å². The maximum atomic E-state index is 14.3. The van der Waals surface area contributed by atoms with E-state index in [1.807, 2.05) is 13.8 Å². The van der Waals surface area contributed by atoms with Gasteiger partial charge in [0, 0.05) is 37.8 Å². The van der Waals surface area contributed by atoms with Crippen molar-refractivity contribution in [2.24, 2.45) is 34.6 Å². The van der Waals surface area contributed by atoms with Gasteiger partial charge in [0.15, 0.2) is 12.6 Å². The molecule has 3 aliphatic heterocycles. The molecule has 0 aromatic rings. The Balaban J connectivity index is 2.09. The van der Waals surface area contributed by atoms with Gasteiger partial charge in [-0.05, 0) is 93.2 Å².